The molecule has 2 aliphatic rings. The zero-order valence-electron chi connectivity index (χ0n) is 15.1. The van der Waals surface area contributed by atoms with E-state index in [9.17, 15) is 4.79 Å². The van der Waals surface area contributed by atoms with E-state index < -0.39 is 0 Å². The lowest BCUT2D eigenvalue weighted by atomic mass is 9.81. The second kappa shape index (κ2) is 7.11. The molecule has 136 valence electrons. The van der Waals surface area contributed by atoms with Gasteiger partial charge in [-0.3, -0.25) is 14.8 Å². The zero-order chi connectivity index (χ0) is 18.0. The summed E-state index contributed by atoms with van der Waals surface area (Å²) in [5.41, 5.74) is 2.27. The molecule has 26 heavy (non-hydrogen) atoms. The highest BCUT2D eigenvalue weighted by Gasteiger charge is 2.51. The Bertz CT molecular complexity index is 765. The van der Waals surface area contributed by atoms with E-state index in [2.05, 4.69) is 15.0 Å². The van der Waals surface area contributed by atoms with Crippen molar-refractivity contribution in [3.8, 4) is 0 Å². The normalized spacial score (nSPS) is 24.7. The quantitative estimate of drug-likeness (QED) is 0.827. The van der Waals surface area contributed by atoms with E-state index in [0.717, 1.165) is 37.3 Å². The van der Waals surface area contributed by atoms with E-state index in [4.69, 9.17) is 4.74 Å². The number of ether oxygens (including phenoxy) is 1. The van der Waals surface area contributed by atoms with Crippen LogP contribution in [0.3, 0.4) is 0 Å². The molecule has 1 aliphatic heterocycles. The van der Waals surface area contributed by atoms with Crippen molar-refractivity contribution in [3.05, 3.63) is 53.9 Å². The van der Waals surface area contributed by atoms with Crippen molar-refractivity contribution in [1.82, 2.24) is 19.9 Å². The Morgan fingerprint density at radius 3 is 3.00 bits per heavy atom. The number of aryl methyl sites for hydroxylation is 1. The maximum atomic E-state index is 12.8. The van der Waals surface area contributed by atoms with Gasteiger partial charge in [0.2, 0.25) is 0 Å². The zero-order valence-corrected chi connectivity index (χ0v) is 15.1. The molecule has 2 aromatic rings. The fourth-order valence-electron chi connectivity index (χ4n) is 4.31. The first-order chi connectivity index (χ1) is 12.7. The molecule has 6 nitrogen and oxygen atoms in total. The van der Waals surface area contributed by atoms with Crippen molar-refractivity contribution in [3.63, 3.8) is 0 Å². The minimum absolute atomic E-state index is 0.0176. The van der Waals surface area contributed by atoms with Crippen LogP contribution in [0, 0.1) is 18.3 Å². The number of hydrogen-bond acceptors (Lipinski definition) is 5. The molecule has 1 aliphatic carbocycles. The van der Waals surface area contributed by atoms with Crippen molar-refractivity contribution in [2.75, 3.05) is 19.7 Å². The SMILES string of the molecule is Cc1cnc(C(=O)N2C[C@@H]3CCC[C@]3(COCc3ccccn3)C2)cn1. The van der Waals surface area contributed by atoms with Gasteiger partial charge in [0.1, 0.15) is 5.69 Å². The highest BCUT2D eigenvalue weighted by atomic mass is 16.5. The summed E-state index contributed by atoms with van der Waals surface area (Å²) >= 11 is 0. The third kappa shape index (κ3) is 3.33. The van der Waals surface area contributed by atoms with Gasteiger partial charge in [-0.05, 0) is 37.8 Å². The van der Waals surface area contributed by atoms with Crippen LogP contribution in [0.1, 0.15) is 41.1 Å². The van der Waals surface area contributed by atoms with Crippen LogP contribution >= 0.6 is 0 Å². The second-order valence-corrected chi connectivity index (χ2v) is 7.49. The van der Waals surface area contributed by atoms with Crippen LogP contribution in [0.4, 0.5) is 0 Å². The van der Waals surface area contributed by atoms with E-state index in [1.807, 2.05) is 30.0 Å². The fourth-order valence-corrected chi connectivity index (χ4v) is 4.31. The number of nitrogens with zero attached hydrogens (tertiary/aromatic N) is 4. The van der Waals surface area contributed by atoms with Crippen molar-refractivity contribution >= 4 is 5.91 Å². The lowest BCUT2D eigenvalue weighted by Crippen LogP contribution is -2.35. The summed E-state index contributed by atoms with van der Waals surface area (Å²) in [6, 6.07) is 5.86. The predicted octanol–water partition coefficient (Wildman–Crippen LogP) is 2.64. The molecule has 3 heterocycles. The minimum atomic E-state index is -0.0176. The number of fused-ring (bicyclic) bond motifs is 1. The summed E-state index contributed by atoms with van der Waals surface area (Å²) < 4.78 is 6.03. The summed E-state index contributed by atoms with van der Waals surface area (Å²) in [7, 11) is 0. The molecule has 4 rings (SSSR count). The van der Waals surface area contributed by atoms with Gasteiger partial charge in [-0.15, -0.1) is 0 Å². The van der Waals surface area contributed by atoms with Gasteiger partial charge in [-0.1, -0.05) is 12.5 Å². The summed E-state index contributed by atoms with van der Waals surface area (Å²) in [5.74, 6) is 0.490. The van der Waals surface area contributed by atoms with E-state index in [0.29, 0.717) is 24.8 Å². The third-order valence-electron chi connectivity index (χ3n) is 5.69. The van der Waals surface area contributed by atoms with Crippen LogP contribution < -0.4 is 0 Å². The van der Waals surface area contributed by atoms with Gasteiger partial charge in [0.25, 0.3) is 5.91 Å². The van der Waals surface area contributed by atoms with Crippen LogP contribution in [-0.4, -0.2) is 45.5 Å². The lowest BCUT2D eigenvalue weighted by Gasteiger charge is -2.28. The Morgan fingerprint density at radius 2 is 2.23 bits per heavy atom. The molecule has 0 aromatic carbocycles. The average molecular weight is 352 g/mol. The molecule has 2 aromatic heterocycles. The summed E-state index contributed by atoms with van der Waals surface area (Å²) in [6.07, 6.45) is 8.50. The maximum absolute atomic E-state index is 12.8. The Balaban J connectivity index is 1.41. The molecule has 0 bridgehead atoms. The van der Waals surface area contributed by atoms with Crippen molar-refractivity contribution in [1.29, 1.82) is 0 Å². The second-order valence-electron chi connectivity index (χ2n) is 7.49. The van der Waals surface area contributed by atoms with E-state index in [1.54, 1.807) is 18.6 Å². The molecule has 1 amide bonds. The van der Waals surface area contributed by atoms with Gasteiger partial charge >= 0.3 is 0 Å². The first-order valence-electron chi connectivity index (χ1n) is 9.22. The Kier molecular flexibility index (Phi) is 4.68. The number of aromatic nitrogens is 3. The van der Waals surface area contributed by atoms with Gasteiger partial charge in [0, 0.05) is 30.9 Å². The number of likely N-dealkylation sites (tertiary alicyclic amines) is 1. The molecule has 6 heteroatoms. The van der Waals surface area contributed by atoms with Gasteiger partial charge < -0.3 is 9.64 Å². The van der Waals surface area contributed by atoms with E-state index in [-0.39, 0.29) is 11.3 Å². The first-order valence-corrected chi connectivity index (χ1v) is 9.22. The lowest BCUT2D eigenvalue weighted by molar-refractivity contribution is 0.0252. The van der Waals surface area contributed by atoms with Gasteiger partial charge in [-0.2, -0.15) is 0 Å². The smallest absolute Gasteiger partial charge is 0.274 e. The highest BCUT2D eigenvalue weighted by Crippen LogP contribution is 2.49. The van der Waals surface area contributed by atoms with Crippen LogP contribution in [-0.2, 0) is 11.3 Å². The molecule has 0 unspecified atom stereocenters. The maximum Gasteiger partial charge on any atom is 0.274 e. The van der Waals surface area contributed by atoms with Crippen LogP contribution in [0.15, 0.2) is 36.8 Å². The Morgan fingerprint density at radius 1 is 1.31 bits per heavy atom. The molecule has 1 saturated heterocycles. The van der Waals surface area contributed by atoms with Crippen molar-refractivity contribution in [2.24, 2.45) is 11.3 Å². The molecule has 0 radical (unpaired) electrons. The molecule has 0 spiro atoms. The summed E-state index contributed by atoms with van der Waals surface area (Å²) in [5, 5.41) is 0. The number of carbonyl (C=O) groups is 1. The molecular formula is C20H24N4O2. The third-order valence-corrected chi connectivity index (χ3v) is 5.69. The largest absolute Gasteiger partial charge is 0.375 e. The highest BCUT2D eigenvalue weighted by molar-refractivity contribution is 5.92. The number of hydrogen-bond donors (Lipinski definition) is 0. The van der Waals surface area contributed by atoms with Crippen LogP contribution in [0.25, 0.3) is 0 Å². The molecule has 1 saturated carbocycles. The number of pyridine rings is 1. The van der Waals surface area contributed by atoms with Crippen LogP contribution in [0.2, 0.25) is 0 Å². The molecule has 2 atom stereocenters. The fraction of sp³-hybridized carbons (Fsp3) is 0.500. The van der Waals surface area contributed by atoms with E-state index >= 15 is 0 Å². The van der Waals surface area contributed by atoms with Crippen LogP contribution in [0.5, 0.6) is 0 Å². The topological polar surface area (TPSA) is 68.2 Å². The summed E-state index contributed by atoms with van der Waals surface area (Å²) in [6.45, 7) is 4.61. The van der Waals surface area contributed by atoms with E-state index in [1.165, 1.54) is 6.42 Å². The van der Waals surface area contributed by atoms with Crippen molar-refractivity contribution < 1.29 is 9.53 Å². The van der Waals surface area contributed by atoms with Gasteiger partial charge in [0.15, 0.2) is 0 Å². The average Bonchev–Trinajstić information content (AvgIpc) is 3.20. The predicted molar refractivity (Wildman–Crippen MR) is 96.3 cm³/mol. The monoisotopic (exact) mass is 352 g/mol. The Hall–Kier alpha value is -2.34. The first kappa shape index (κ1) is 17.1. The van der Waals surface area contributed by atoms with Gasteiger partial charge in [0.05, 0.1) is 30.8 Å². The molecular weight excluding hydrogens is 328 g/mol. The number of carbonyl (C=O) groups excluding carboxylic acids is 1. The van der Waals surface area contributed by atoms with Gasteiger partial charge in [-0.25, -0.2) is 4.98 Å². The standard InChI is InChI=1S/C20H24N4O2/c1-15-9-23-18(10-22-15)19(25)24-11-16-5-4-7-20(16,13-24)14-26-12-17-6-2-3-8-21-17/h2-3,6,8-10,16H,4-5,7,11-14H2,1H3/t16-,20+/m0/s1. The minimum Gasteiger partial charge on any atom is -0.375 e. The Labute approximate surface area is 153 Å². The number of amides is 1. The van der Waals surface area contributed by atoms with Crippen molar-refractivity contribution in [2.45, 2.75) is 32.8 Å². The molecule has 0 N–H and O–H groups in total. The molecule has 2 fully saturated rings. The summed E-state index contributed by atoms with van der Waals surface area (Å²) in [4.78, 5) is 27.5. The number of rotatable bonds is 5.